The van der Waals surface area contributed by atoms with Crippen LogP contribution in [0.4, 0.5) is 8.78 Å². The summed E-state index contributed by atoms with van der Waals surface area (Å²) >= 11 is 0. The van der Waals surface area contributed by atoms with Crippen molar-refractivity contribution >= 4 is 10.0 Å². The molecule has 0 aromatic heterocycles. The lowest BCUT2D eigenvalue weighted by Gasteiger charge is -2.37. The van der Waals surface area contributed by atoms with Crippen LogP contribution in [-0.2, 0) is 16.4 Å². The predicted molar refractivity (Wildman–Crippen MR) is 112 cm³/mol. The second kappa shape index (κ2) is 8.28. The minimum absolute atomic E-state index is 0.0976. The van der Waals surface area contributed by atoms with Gasteiger partial charge in [0.2, 0.25) is 10.0 Å². The van der Waals surface area contributed by atoms with Crippen LogP contribution in [0.1, 0.15) is 22.7 Å². The molecule has 8 heteroatoms. The van der Waals surface area contributed by atoms with Crippen molar-refractivity contribution in [1.29, 1.82) is 0 Å². The fourth-order valence-electron chi connectivity index (χ4n) is 3.96. The molecule has 3 aromatic carbocycles. The van der Waals surface area contributed by atoms with E-state index in [1.165, 1.54) is 18.5 Å². The topological polar surface area (TPSA) is 55.8 Å². The van der Waals surface area contributed by atoms with Gasteiger partial charge in [-0.25, -0.2) is 17.2 Å². The van der Waals surface area contributed by atoms with Crippen molar-refractivity contribution in [2.45, 2.75) is 17.4 Å². The number of sulfonamides is 1. The molecular weight excluding hydrogens is 424 g/mol. The van der Waals surface area contributed by atoms with Gasteiger partial charge in [0.05, 0.1) is 20.3 Å². The first-order chi connectivity index (χ1) is 14.9. The van der Waals surface area contributed by atoms with Gasteiger partial charge in [-0.2, -0.15) is 4.31 Å². The molecule has 1 atom stereocenters. The average Bonchev–Trinajstić information content (AvgIpc) is 2.79. The Balaban J connectivity index is 1.93. The maximum absolute atomic E-state index is 14.5. The number of fused-ring (bicyclic) bond motifs is 1. The summed E-state index contributed by atoms with van der Waals surface area (Å²) in [5.41, 5.74) is 2.31. The molecule has 0 N–H and O–H groups in total. The molecule has 0 bridgehead atoms. The van der Waals surface area contributed by atoms with Crippen LogP contribution in [0.3, 0.4) is 0 Å². The van der Waals surface area contributed by atoms with Crippen LogP contribution >= 0.6 is 0 Å². The minimum Gasteiger partial charge on any atom is -0.493 e. The summed E-state index contributed by atoms with van der Waals surface area (Å²) in [7, 11) is -1.31. The third-order valence-corrected chi connectivity index (χ3v) is 7.30. The summed E-state index contributed by atoms with van der Waals surface area (Å²) in [6.45, 7) is 0.0976. The molecule has 0 amide bonds. The predicted octanol–water partition coefficient (Wildman–Crippen LogP) is 4.32. The zero-order chi connectivity index (χ0) is 22.2. The molecule has 0 spiro atoms. The highest BCUT2D eigenvalue weighted by atomic mass is 32.2. The molecule has 0 aliphatic carbocycles. The van der Waals surface area contributed by atoms with Crippen LogP contribution in [0, 0.1) is 11.6 Å². The van der Waals surface area contributed by atoms with Crippen molar-refractivity contribution in [2.24, 2.45) is 0 Å². The van der Waals surface area contributed by atoms with Gasteiger partial charge >= 0.3 is 0 Å². The van der Waals surface area contributed by atoms with Crippen molar-refractivity contribution in [3.05, 3.63) is 89.0 Å². The molecule has 3 aromatic rings. The van der Waals surface area contributed by atoms with E-state index in [0.717, 1.165) is 23.8 Å². The average molecular weight is 445 g/mol. The van der Waals surface area contributed by atoms with E-state index in [1.54, 1.807) is 30.3 Å². The molecule has 4 rings (SSSR count). The number of hydrogen-bond acceptors (Lipinski definition) is 4. The summed E-state index contributed by atoms with van der Waals surface area (Å²) in [5.74, 6) is -0.815. The molecule has 0 saturated heterocycles. The van der Waals surface area contributed by atoms with Crippen LogP contribution in [0.2, 0.25) is 0 Å². The van der Waals surface area contributed by atoms with Crippen molar-refractivity contribution in [3.63, 3.8) is 0 Å². The van der Waals surface area contributed by atoms with Crippen molar-refractivity contribution in [3.8, 4) is 11.5 Å². The van der Waals surface area contributed by atoms with E-state index in [1.807, 2.05) is 12.1 Å². The number of methoxy groups -OCH3 is 2. The second-order valence-corrected chi connectivity index (χ2v) is 9.02. The summed E-state index contributed by atoms with van der Waals surface area (Å²) in [6.07, 6.45) is 0.384. The number of rotatable bonds is 5. The fourth-order valence-corrected chi connectivity index (χ4v) is 5.64. The maximum atomic E-state index is 14.5. The number of halogens is 2. The van der Waals surface area contributed by atoms with Gasteiger partial charge in [0.25, 0.3) is 0 Å². The Hall–Kier alpha value is -2.97. The van der Waals surface area contributed by atoms with E-state index in [4.69, 9.17) is 9.47 Å². The normalized spacial score (nSPS) is 16.6. The zero-order valence-corrected chi connectivity index (χ0v) is 17.8. The molecule has 5 nitrogen and oxygen atoms in total. The van der Waals surface area contributed by atoms with Crippen molar-refractivity contribution < 1.29 is 26.7 Å². The Morgan fingerprint density at radius 3 is 2.29 bits per heavy atom. The van der Waals surface area contributed by atoms with E-state index < -0.39 is 32.6 Å². The number of ether oxygens (including phenoxy) is 2. The Labute approximate surface area is 179 Å². The van der Waals surface area contributed by atoms with Gasteiger partial charge in [-0.3, -0.25) is 0 Å². The molecule has 0 radical (unpaired) electrons. The van der Waals surface area contributed by atoms with Crippen LogP contribution in [0.25, 0.3) is 0 Å². The van der Waals surface area contributed by atoms with E-state index >= 15 is 0 Å². The lowest BCUT2D eigenvalue weighted by molar-refractivity contribution is 0.330. The highest BCUT2D eigenvalue weighted by Crippen LogP contribution is 2.43. The van der Waals surface area contributed by atoms with Crippen LogP contribution in [0.5, 0.6) is 11.5 Å². The van der Waals surface area contributed by atoms with E-state index in [-0.39, 0.29) is 6.54 Å². The quantitative estimate of drug-likeness (QED) is 0.587. The van der Waals surface area contributed by atoms with E-state index in [2.05, 4.69) is 0 Å². The summed E-state index contributed by atoms with van der Waals surface area (Å²) in [6, 6.07) is 14.3. The van der Waals surface area contributed by atoms with Gasteiger partial charge in [0.1, 0.15) is 16.5 Å². The standard InChI is InChI=1S/C23H21F2NO4S/c1-29-20-12-16-10-11-26(31(27,28)22-13-17(24)8-9-19(22)25)23(15-6-4-3-5-7-15)18(16)14-21(20)30-2/h3-9,12-14,23H,10-11H2,1-2H3/t23-/m1/s1. The minimum atomic E-state index is -4.34. The molecule has 162 valence electrons. The molecular formula is C23H21F2NO4S. The fraction of sp³-hybridized carbons (Fsp3) is 0.217. The highest BCUT2D eigenvalue weighted by Gasteiger charge is 2.39. The number of nitrogens with zero attached hydrogens (tertiary/aromatic N) is 1. The lowest BCUT2D eigenvalue weighted by atomic mass is 9.89. The van der Waals surface area contributed by atoms with Gasteiger partial charge < -0.3 is 9.47 Å². The number of benzene rings is 3. The molecule has 1 heterocycles. The summed E-state index contributed by atoms with van der Waals surface area (Å²) in [5, 5.41) is 0. The van der Waals surface area contributed by atoms with Gasteiger partial charge in [0.15, 0.2) is 11.5 Å². The molecule has 0 fully saturated rings. The smallest absolute Gasteiger partial charge is 0.246 e. The Morgan fingerprint density at radius 1 is 0.935 bits per heavy atom. The third-order valence-electron chi connectivity index (χ3n) is 5.42. The first-order valence-corrected chi connectivity index (χ1v) is 11.1. The van der Waals surface area contributed by atoms with Crippen LogP contribution in [0.15, 0.2) is 65.6 Å². The zero-order valence-electron chi connectivity index (χ0n) is 17.0. The van der Waals surface area contributed by atoms with Crippen LogP contribution in [-0.4, -0.2) is 33.5 Å². The van der Waals surface area contributed by atoms with Gasteiger partial charge in [-0.1, -0.05) is 30.3 Å². The Bertz CT molecular complexity index is 1220. The molecule has 0 unspecified atom stereocenters. The second-order valence-electron chi connectivity index (χ2n) is 7.16. The molecule has 0 saturated carbocycles. The lowest BCUT2D eigenvalue weighted by Crippen LogP contribution is -2.41. The Morgan fingerprint density at radius 2 is 1.61 bits per heavy atom. The largest absolute Gasteiger partial charge is 0.493 e. The number of hydrogen-bond donors (Lipinski definition) is 0. The highest BCUT2D eigenvalue weighted by molar-refractivity contribution is 7.89. The van der Waals surface area contributed by atoms with Gasteiger partial charge in [-0.15, -0.1) is 0 Å². The van der Waals surface area contributed by atoms with E-state index in [9.17, 15) is 17.2 Å². The first kappa shape index (κ1) is 21.3. The summed E-state index contributed by atoms with van der Waals surface area (Å²) < 4.78 is 67.3. The van der Waals surface area contributed by atoms with Gasteiger partial charge in [0, 0.05) is 6.54 Å². The van der Waals surface area contributed by atoms with Gasteiger partial charge in [-0.05, 0) is 53.4 Å². The molecule has 1 aliphatic rings. The third kappa shape index (κ3) is 3.77. The monoisotopic (exact) mass is 445 g/mol. The van der Waals surface area contributed by atoms with E-state index in [0.29, 0.717) is 29.0 Å². The Kier molecular flexibility index (Phi) is 5.68. The molecule has 1 aliphatic heterocycles. The molecule has 31 heavy (non-hydrogen) atoms. The van der Waals surface area contributed by atoms with Crippen molar-refractivity contribution in [2.75, 3.05) is 20.8 Å². The first-order valence-electron chi connectivity index (χ1n) is 9.63. The van der Waals surface area contributed by atoms with Crippen molar-refractivity contribution in [1.82, 2.24) is 4.31 Å². The van der Waals surface area contributed by atoms with Crippen LogP contribution < -0.4 is 9.47 Å². The summed E-state index contributed by atoms with van der Waals surface area (Å²) in [4.78, 5) is -0.683. The maximum Gasteiger partial charge on any atom is 0.246 e. The SMILES string of the molecule is COc1cc2c(cc1OC)[C@@H](c1ccccc1)N(S(=O)(=O)c1cc(F)ccc1F)CC2.